The van der Waals surface area contributed by atoms with E-state index >= 15 is 0 Å². The molecular formula is C19H21NO6. The van der Waals surface area contributed by atoms with Crippen LogP contribution in [0, 0.1) is 6.92 Å². The van der Waals surface area contributed by atoms with Crippen LogP contribution in [0.4, 0.5) is 0 Å². The smallest absolute Gasteiger partial charge is 0.339 e. The zero-order chi connectivity index (χ0) is 19.1. The molecule has 0 saturated heterocycles. The molecule has 1 heterocycles. The number of nitrogens with one attached hydrogen (secondary N) is 1. The van der Waals surface area contributed by atoms with E-state index < -0.39 is 5.97 Å². The van der Waals surface area contributed by atoms with Gasteiger partial charge in [-0.1, -0.05) is 0 Å². The highest BCUT2D eigenvalue weighted by Crippen LogP contribution is 2.15. The van der Waals surface area contributed by atoms with Crippen molar-refractivity contribution in [3.63, 3.8) is 0 Å². The second-order valence-corrected chi connectivity index (χ2v) is 5.77. The van der Waals surface area contributed by atoms with Gasteiger partial charge in [-0.05, 0) is 43.7 Å². The Kier molecular flexibility index (Phi) is 6.54. The number of methoxy groups -OCH3 is 1. The number of carboxylic acid groups (broad SMARTS) is 1. The maximum atomic E-state index is 12.1. The first-order valence-corrected chi connectivity index (χ1v) is 8.17. The second-order valence-electron chi connectivity index (χ2n) is 5.77. The molecule has 0 spiro atoms. The van der Waals surface area contributed by atoms with Gasteiger partial charge in [-0.25, -0.2) is 4.79 Å². The molecule has 0 radical (unpaired) electrons. The van der Waals surface area contributed by atoms with E-state index in [4.69, 9.17) is 14.3 Å². The summed E-state index contributed by atoms with van der Waals surface area (Å²) in [5.74, 6) is 0.0297. The Labute approximate surface area is 151 Å². The van der Waals surface area contributed by atoms with Crippen LogP contribution >= 0.6 is 0 Å². The van der Waals surface area contributed by atoms with Gasteiger partial charge in [0.05, 0.1) is 13.7 Å². The number of hydrogen-bond acceptors (Lipinski definition) is 5. The van der Waals surface area contributed by atoms with Crippen molar-refractivity contribution in [1.29, 1.82) is 0 Å². The lowest BCUT2D eigenvalue weighted by Gasteiger charge is -2.04. The van der Waals surface area contributed by atoms with Crippen LogP contribution < -0.4 is 10.1 Å². The molecule has 2 N–H and O–H groups in total. The second kappa shape index (κ2) is 8.84. The number of carbonyl (C=O) groups is 3. The Hall–Kier alpha value is -3.09. The molecule has 138 valence electrons. The standard InChI is InChI=1S/C19H21NO6/c1-12-16(19(23)24)10-15(26-12)11-20-18(22)5-3-4-17(21)13-6-8-14(25-2)9-7-13/h6-10H,3-5,11H2,1-2H3,(H,20,22)(H,23,24). The third-order valence-electron chi connectivity index (χ3n) is 3.88. The number of furan rings is 1. The molecule has 1 aromatic heterocycles. The van der Waals surface area contributed by atoms with Gasteiger partial charge in [-0.2, -0.15) is 0 Å². The van der Waals surface area contributed by atoms with Crippen LogP contribution in [0.1, 0.15) is 51.5 Å². The number of ether oxygens (including phenoxy) is 1. The quantitative estimate of drug-likeness (QED) is 0.667. The summed E-state index contributed by atoms with van der Waals surface area (Å²) in [6.45, 7) is 1.67. The largest absolute Gasteiger partial charge is 0.497 e. The number of rotatable bonds is 9. The van der Waals surface area contributed by atoms with Gasteiger partial charge >= 0.3 is 5.97 Å². The van der Waals surface area contributed by atoms with E-state index in [1.165, 1.54) is 6.07 Å². The molecule has 1 aromatic carbocycles. The molecule has 2 rings (SSSR count). The average molecular weight is 359 g/mol. The highest BCUT2D eigenvalue weighted by atomic mass is 16.5. The minimum Gasteiger partial charge on any atom is -0.497 e. The number of benzene rings is 1. The van der Waals surface area contributed by atoms with Crippen molar-refractivity contribution in [2.24, 2.45) is 0 Å². The van der Waals surface area contributed by atoms with E-state index in [9.17, 15) is 14.4 Å². The first-order chi connectivity index (χ1) is 12.4. The molecular weight excluding hydrogens is 338 g/mol. The normalized spacial score (nSPS) is 10.4. The highest BCUT2D eigenvalue weighted by Gasteiger charge is 2.14. The van der Waals surface area contributed by atoms with Gasteiger partial charge in [0, 0.05) is 18.4 Å². The summed E-state index contributed by atoms with van der Waals surface area (Å²) in [7, 11) is 1.56. The van der Waals surface area contributed by atoms with Crippen LogP contribution in [-0.4, -0.2) is 29.9 Å². The van der Waals surface area contributed by atoms with Gasteiger partial charge in [0.25, 0.3) is 0 Å². The molecule has 0 aliphatic heterocycles. The molecule has 26 heavy (non-hydrogen) atoms. The minimum atomic E-state index is -1.07. The lowest BCUT2D eigenvalue weighted by molar-refractivity contribution is -0.121. The fraction of sp³-hybridized carbons (Fsp3) is 0.316. The van der Waals surface area contributed by atoms with Crippen molar-refractivity contribution in [3.05, 3.63) is 53.0 Å². The zero-order valence-corrected chi connectivity index (χ0v) is 14.7. The Morgan fingerprint density at radius 3 is 2.42 bits per heavy atom. The molecule has 7 nitrogen and oxygen atoms in total. The van der Waals surface area contributed by atoms with Gasteiger partial charge in [0.2, 0.25) is 5.91 Å². The molecule has 0 saturated carbocycles. The lowest BCUT2D eigenvalue weighted by atomic mass is 10.1. The van der Waals surface area contributed by atoms with Crippen LogP contribution in [0.15, 0.2) is 34.7 Å². The molecule has 0 fully saturated rings. The number of aromatic carboxylic acids is 1. The van der Waals surface area contributed by atoms with Crippen molar-refractivity contribution in [2.75, 3.05) is 7.11 Å². The van der Waals surface area contributed by atoms with Crippen molar-refractivity contribution < 1.29 is 28.6 Å². The number of ketones is 1. The summed E-state index contributed by atoms with van der Waals surface area (Å²) in [6.07, 6.45) is 0.893. The van der Waals surface area contributed by atoms with Crippen molar-refractivity contribution >= 4 is 17.7 Å². The van der Waals surface area contributed by atoms with Gasteiger partial charge in [0.1, 0.15) is 22.8 Å². The monoisotopic (exact) mass is 359 g/mol. The van der Waals surface area contributed by atoms with E-state index in [0.29, 0.717) is 29.3 Å². The van der Waals surface area contributed by atoms with Crippen LogP contribution in [0.2, 0.25) is 0 Å². The topological polar surface area (TPSA) is 106 Å². The number of carboxylic acids is 1. The SMILES string of the molecule is COc1ccc(C(=O)CCCC(=O)NCc2cc(C(=O)O)c(C)o2)cc1. The van der Waals surface area contributed by atoms with Crippen molar-refractivity contribution in [2.45, 2.75) is 32.7 Å². The van der Waals surface area contributed by atoms with Gasteiger partial charge in [-0.15, -0.1) is 0 Å². The summed E-state index contributed by atoms with van der Waals surface area (Å²) in [5.41, 5.74) is 0.665. The van der Waals surface area contributed by atoms with Gasteiger partial charge < -0.3 is 19.6 Å². The van der Waals surface area contributed by atoms with Gasteiger partial charge in [0.15, 0.2) is 5.78 Å². The van der Waals surface area contributed by atoms with E-state index in [-0.39, 0.29) is 36.6 Å². The van der Waals surface area contributed by atoms with Crippen LogP contribution in [0.5, 0.6) is 5.75 Å². The lowest BCUT2D eigenvalue weighted by Crippen LogP contribution is -2.22. The molecule has 0 bridgehead atoms. The maximum absolute atomic E-state index is 12.1. The van der Waals surface area contributed by atoms with Crippen LogP contribution in [-0.2, 0) is 11.3 Å². The summed E-state index contributed by atoms with van der Waals surface area (Å²) in [4.78, 5) is 34.9. The third-order valence-corrected chi connectivity index (χ3v) is 3.88. The van der Waals surface area contributed by atoms with Gasteiger partial charge in [-0.3, -0.25) is 9.59 Å². The molecule has 2 aromatic rings. The number of aryl methyl sites for hydroxylation is 1. The Morgan fingerprint density at radius 2 is 1.85 bits per heavy atom. The molecule has 0 unspecified atom stereocenters. The Bertz CT molecular complexity index is 791. The predicted octanol–water partition coefficient (Wildman–Crippen LogP) is 2.96. The highest BCUT2D eigenvalue weighted by molar-refractivity contribution is 5.96. The fourth-order valence-corrected chi connectivity index (χ4v) is 2.45. The summed E-state index contributed by atoms with van der Waals surface area (Å²) < 4.78 is 10.3. The minimum absolute atomic E-state index is 0.0341. The summed E-state index contributed by atoms with van der Waals surface area (Å²) in [6, 6.07) is 8.22. The summed E-state index contributed by atoms with van der Waals surface area (Å²) in [5, 5.41) is 11.6. The van der Waals surface area contributed by atoms with Crippen LogP contribution in [0.3, 0.4) is 0 Å². The molecule has 1 amide bonds. The molecule has 7 heteroatoms. The van der Waals surface area contributed by atoms with Crippen LogP contribution in [0.25, 0.3) is 0 Å². The fourth-order valence-electron chi connectivity index (χ4n) is 2.45. The van der Waals surface area contributed by atoms with E-state index in [0.717, 1.165) is 0 Å². The third kappa shape index (κ3) is 5.20. The molecule has 0 aliphatic rings. The summed E-state index contributed by atoms with van der Waals surface area (Å²) >= 11 is 0. The first-order valence-electron chi connectivity index (χ1n) is 8.17. The number of Topliss-reactive ketones (excluding diaryl/α,β-unsaturated/α-hetero) is 1. The number of amides is 1. The van der Waals surface area contributed by atoms with Crippen molar-refractivity contribution in [1.82, 2.24) is 5.32 Å². The van der Waals surface area contributed by atoms with E-state index in [2.05, 4.69) is 5.32 Å². The molecule has 0 aliphatic carbocycles. The first kappa shape index (κ1) is 19.2. The van der Waals surface area contributed by atoms with Crippen molar-refractivity contribution in [3.8, 4) is 5.75 Å². The number of hydrogen-bond donors (Lipinski definition) is 2. The Morgan fingerprint density at radius 1 is 1.15 bits per heavy atom. The Balaban J connectivity index is 1.73. The predicted molar refractivity (Wildman–Crippen MR) is 93.4 cm³/mol. The number of carbonyl (C=O) groups excluding carboxylic acids is 2. The van der Waals surface area contributed by atoms with E-state index in [1.54, 1.807) is 38.3 Å². The molecule has 0 atom stereocenters. The average Bonchev–Trinajstić information content (AvgIpc) is 3.01. The zero-order valence-electron chi connectivity index (χ0n) is 14.7. The maximum Gasteiger partial charge on any atom is 0.339 e. The van der Waals surface area contributed by atoms with E-state index in [1.807, 2.05) is 0 Å².